The molecule has 2 atom stereocenters. The summed E-state index contributed by atoms with van der Waals surface area (Å²) in [4.78, 5) is 11.7. The van der Waals surface area contributed by atoms with Gasteiger partial charge in [-0.15, -0.1) is 0 Å². The summed E-state index contributed by atoms with van der Waals surface area (Å²) in [5.74, 6) is -2.74. The lowest BCUT2D eigenvalue weighted by Gasteiger charge is -2.31. The average Bonchev–Trinajstić information content (AvgIpc) is 2.28. The molecular weight excluding hydrogens is 233 g/mol. The normalized spacial score (nSPS) is 25.9. The van der Waals surface area contributed by atoms with Crippen LogP contribution < -0.4 is 0 Å². The Labute approximate surface area is 99.5 Å². The Bertz CT molecular complexity index is 251. The average molecular weight is 252 g/mol. The van der Waals surface area contributed by atoms with Crippen LogP contribution in [0.2, 0.25) is 0 Å². The van der Waals surface area contributed by atoms with Crippen LogP contribution in [-0.2, 0) is 9.53 Å². The molecule has 0 N–H and O–H groups in total. The quantitative estimate of drug-likeness (QED) is 0.701. The Kier molecular flexibility index (Phi) is 5.43. The molecule has 100 valence electrons. The molecule has 0 amide bonds. The van der Waals surface area contributed by atoms with Crippen molar-refractivity contribution in [1.82, 2.24) is 0 Å². The van der Waals surface area contributed by atoms with Gasteiger partial charge >= 0.3 is 6.18 Å². The highest BCUT2D eigenvalue weighted by atomic mass is 19.4. The lowest BCUT2D eigenvalue weighted by atomic mass is 9.76. The second kappa shape index (κ2) is 6.38. The van der Waals surface area contributed by atoms with Crippen molar-refractivity contribution in [1.29, 1.82) is 0 Å². The highest BCUT2D eigenvalue weighted by Crippen LogP contribution is 2.41. The minimum atomic E-state index is -4.26. The summed E-state index contributed by atoms with van der Waals surface area (Å²) in [5, 5.41) is 0. The monoisotopic (exact) mass is 252 g/mol. The predicted molar refractivity (Wildman–Crippen MR) is 57.6 cm³/mol. The molecule has 0 radical (unpaired) electrons. The van der Waals surface area contributed by atoms with Gasteiger partial charge in [-0.3, -0.25) is 4.79 Å². The van der Waals surface area contributed by atoms with Crippen molar-refractivity contribution >= 4 is 5.78 Å². The smallest absolute Gasteiger partial charge is 0.374 e. The van der Waals surface area contributed by atoms with Gasteiger partial charge < -0.3 is 4.74 Å². The molecule has 0 aromatic rings. The molecule has 2 nitrogen and oxygen atoms in total. The topological polar surface area (TPSA) is 26.3 Å². The van der Waals surface area contributed by atoms with Gasteiger partial charge in [0.2, 0.25) is 0 Å². The minimum Gasteiger partial charge on any atom is -0.374 e. The molecule has 5 heteroatoms. The Hall–Kier alpha value is -0.580. The molecule has 1 aliphatic rings. The molecule has 17 heavy (non-hydrogen) atoms. The van der Waals surface area contributed by atoms with Crippen LogP contribution in [0.4, 0.5) is 13.2 Å². The molecule has 1 rings (SSSR count). The molecule has 1 aliphatic carbocycles. The van der Waals surface area contributed by atoms with Gasteiger partial charge in [0.25, 0.3) is 0 Å². The van der Waals surface area contributed by atoms with E-state index in [9.17, 15) is 18.0 Å². The van der Waals surface area contributed by atoms with Crippen LogP contribution in [0, 0.1) is 11.8 Å². The third kappa shape index (κ3) is 4.30. The zero-order chi connectivity index (χ0) is 12.9. The first kappa shape index (κ1) is 14.5. The summed E-state index contributed by atoms with van der Waals surface area (Å²) in [6, 6.07) is 0. The number of ketones is 1. The standard InChI is InChI=1S/C12H19F3O2/c1-2-7-17-8-11(16)9-5-3-4-6-10(9)12(13,14)15/h9-10H,2-8H2,1H3. The summed E-state index contributed by atoms with van der Waals surface area (Å²) in [6.45, 7) is 2.14. The van der Waals surface area contributed by atoms with E-state index in [4.69, 9.17) is 4.74 Å². The predicted octanol–water partition coefficient (Wildman–Crippen LogP) is 3.35. The summed E-state index contributed by atoms with van der Waals surface area (Å²) in [6.07, 6.45) is -1.81. The highest BCUT2D eigenvalue weighted by Gasteiger charge is 2.47. The molecule has 0 spiro atoms. The molecular formula is C12H19F3O2. The van der Waals surface area contributed by atoms with Gasteiger partial charge in [0.05, 0.1) is 5.92 Å². The van der Waals surface area contributed by atoms with Crippen LogP contribution in [0.25, 0.3) is 0 Å². The maximum atomic E-state index is 12.7. The molecule has 0 aromatic heterocycles. The number of ether oxygens (including phenoxy) is 1. The van der Waals surface area contributed by atoms with Gasteiger partial charge in [-0.2, -0.15) is 13.2 Å². The van der Waals surface area contributed by atoms with Gasteiger partial charge in [0, 0.05) is 12.5 Å². The lowest BCUT2D eigenvalue weighted by molar-refractivity contribution is -0.198. The third-order valence-corrected chi connectivity index (χ3v) is 3.19. The van der Waals surface area contributed by atoms with Crippen LogP contribution in [-0.4, -0.2) is 25.2 Å². The molecule has 1 saturated carbocycles. The van der Waals surface area contributed by atoms with E-state index in [1.165, 1.54) is 0 Å². The lowest BCUT2D eigenvalue weighted by Crippen LogP contribution is -2.38. The Balaban J connectivity index is 2.55. The molecule has 0 bridgehead atoms. The van der Waals surface area contributed by atoms with Crippen molar-refractivity contribution in [3.8, 4) is 0 Å². The maximum Gasteiger partial charge on any atom is 0.392 e. The number of rotatable bonds is 5. The number of hydrogen-bond acceptors (Lipinski definition) is 2. The molecule has 0 aliphatic heterocycles. The Morgan fingerprint density at radius 2 is 1.94 bits per heavy atom. The molecule has 0 heterocycles. The highest BCUT2D eigenvalue weighted by molar-refractivity contribution is 5.82. The SMILES string of the molecule is CCCOCC(=O)C1CCCCC1C(F)(F)F. The Morgan fingerprint density at radius 1 is 1.29 bits per heavy atom. The summed E-state index contributed by atoms with van der Waals surface area (Å²) < 4.78 is 43.3. The fraction of sp³-hybridized carbons (Fsp3) is 0.917. The number of hydrogen-bond donors (Lipinski definition) is 0. The van der Waals surface area contributed by atoms with E-state index >= 15 is 0 Å². The zero-order valence-electron chi connectivity index (χ0n) is 10.1. The van der Waals surface area contributed by atoms with E-state index < -0.39 is 18.0 Å². The van der Waals surface area contributed by atoms with Gasteiger partial charge in [0.15, 0.2) is 5.78 Å². The summed E-state index contributed by atoms with van der Waals surface area (Å²) in [7, 11) is 0. The van der Waals surface area contributed by atoms with E-state index in [2.05, 4.69) is 0 Å². The fourth-order valence-electron chi connectivity index (χ4n) is 2.33. The first-order chi connectivity index (χ1) is 7.96. The van der Waals surface area contributed by atoms with Gasteiger partial charge in [-0.25, -0.2) is 0 Å². The molecule has 0 aromatic carbocycles. The minimum absolute atomic E-state index is 0.0771. The van der Waals surface area contributed by atoms with Gasteiger partial charge in [-0.1, -0.05) is 19.8 Å². The van der Waals surface area contributed by atoms with E-state index in [1.54, 1.807) is 0 Å². The number of halogens is 3. The van der Waals surface area contributed by atoms with Gasteiger partial charge in [-0.05, 0) is 19.3 Å². The van der Waals surface area contributed by atoms with Crippen LogP contribution in [0.15, 0.2) is 0 Å². The Morgan fingerprint density at radius 3 is 2.53 bits per heavy atom. The van der Waals surface area contributed by atoms with Crippen LogP contribution in [0.1, 0.15) is 39.0 Å². The first-order valence-electron chi connectivity index (χ1n) is 6.14. The zero-order valence-corrected chi connectivity index (χ0v) is 10.1. The van der Waals surface area contributed by atoms with Crippen LogP contribution >= 0.6 is 0 Å². The van der Waals surface area contributed by atoms with Crippen molar-refractivity contribution in [2.45, 2.75) is 45.2 Å². The second-order valence-electron chi connectivity index (χ2n) is 4.56. The number of Topliss-reactive ketones (excluding diaryl/α,β-unsaturated/α-hetero) is 1. The number of carbonyl (C=O) groups is 1. The second-order valence-corrected chi connectivity index (χ2v) is 4.56. The fourth-order valence-corrected chi connectivity index (χ4v) is 2.33. The maximum absolute atomic E-state index is 12.7. The third-order valence-electron chi connectivity index (χ3n) is 3.19. The van der Waals surface area contributed by atoms with Crippen molar-refractivity contribution < 1.29 is 22.7 Å². The number of carbonyl (C=O) groups excluding carboxylic acids is 1. The van der Waals surface area contributed by atoms with Crippen LogP contribution in [0.5, 0.6) is 0 Å². The molecule has 0 saturated heterocycles. The summed E-state index contributed by atoms with van der Waals surface area (Å²) in [5.41, 5.74) is 0. The van der Waals surface area contributed by atoms with Crippen molar-refractivity contribution in [2.24, 2.45) is 11.8 Å². The van der Waals surface area contributed by atoms with Crippen molar-refractivity contribution in [3.63, 3.8) is 0 Å². The van der Waals surface area contributed by atoms with Crippen LogP contribution in [0.3, 0.4) is 0 Å². The van der Waals surface area contributed by atoms with E-state index in [0.717, 1.165) is 6.42 Å². The molecule has 1 fully saturated rings. The van der Waals surface area contributed by atoms with E-state index in [0.29, 0.717) is 25.9 Å². The van der Waals surface area contributed by atoms with Crippen molar-refractivity contribution in [3.05, 3.63) is 0 Å². The summed E-state index contributed by atoms with van der Waals surface area (Å²) >= 11 is 0. The van der Waals surface area contributed by atoms with E-state index in [-0.39, 0.29) is 18.8 Å². The van der Waals surface area contributed by atoms with Gasteiger partial charge in [0.1, 0.15) is 6.61 Å². The largest absolute Gasteiger partial charge is 0.392 e. The molecule has 2 unspecified atom stereocenters. The number of alkyl halides is 3. The van der Waals surface area contributed by atoms with Crippen molar-refractivity contribution in [2.75, 3.05) is 13.2 Å². The first-order valence-corrected chi connectivity index (χ1v) is 6.14. The van der Waals surface area contributed by atoms with E-state index in [1.807, 2.05) is 6.92 Å².